The van der Waals surface area contributed by atoms with E-state index in [0.717, 1.165) is 32.1 Å². The van der Waals surface area contributed by atoms with Crippen molar-refractivity contribution < 1.29 is 18.1 Å². The molecule has 0 saturated carbocycles. The summed E-state index contributed by atoms with van der Waals surface area (Å²) in [6, 6.07) is 0. The van der Waals surface area contributed by atoms with Gasteiger partial charge >= 0.3 is 0 Å². The third kappa shape index (κ3) is 15.9. The summed E-state index contributed by atoms with van der Waals surface area (Å²) in [6.07, 6.45) is 12.2. The Morgan fingerprint density at radius 2 is 1.25 bits per heavy atom. The van der Waals surface area contributed by atoms with E-state index in [-0.39, 0.29) is 11.9 Å². The molecule has 1 unspecified atom stereocenters. The van der Waals surface area contributed by atoms with Crippen molar-refractivity contribution in [2.75, 3.05) is 5.75 Å². The van der Waals surface area contributed by atoms with Gasteiger partial charge in [-0.25, -0.2) is 0 Å². The fraction of sp³-hybridized carbons (Fsp3) is 1.00. The lowest BCUT2D eigenvalue weighted by atomic mass is 10.0. The van der Waals surface area contributed by atoms with Gasteiger partial charge in [-0.3, -0.25) is 4.55 Å². The zero-order valence-corrected chi connectivity index (χ0v) is 13.7. The molecule has 0 aromatic carbocycles. The molecule has 20 heavy (non-hydrogen) atoms. The minimum Gasteiger partial charge on any atom is -0.393 e. The Balaban J connectivity index is 3.26. The molecule has 0 aliphatic heterocycles. The highest BCUT2D eigenvalue weighted by molar-refractivity contribution is 7.85. The van der Waals surface area contributed by atoms with Crippen molar-refractivity contribution in [2.24, 2.45) is 0 Å². The predicted molar refractivity (Wildman–Crippen MR) is 83.5 cm³/mol. The smallest absolute Gasteiger partial charge is 0.264 e. The van der Waals surface area contributed by atoms with Crippen molar-refractivity contribution in [3.63, 3.8) is 0 Å². The molecule has 0 aromatic rings. The highest BCUT2D eigenvalue weighted by Gasteiger charge is 2.06. The molecule has 0 amide bonds. The van der Waals surface area contributed by atoms with Crippen LogP contribution in [0.3, 0.4) is 0 Å². The SMILES string of the molecule is CCCCCCCCCC(O)CCCCCS(=O)(=O)O. The summed E-state index contributed by atoms with van der Waals surface area (Å²) in [4.78, 5) is 0. The fourth-order valence-corrected chi connectivity index (χ4v) is 2.89. The van der Waals surface area contributed by atoms with Crippen molar-refractivity contribution in [3.8, 4) is 0 Å². The second-order valence-corrected chi connectivity index (χ2v) is 7.27. The number of hydrogen-bond acceptors (Lipinski definition) is 3. The Kier molecular flexibility index (Phi) is 12.5. The van der Waals surface area contributed by atoms with Crippen LogP contribution in [0.2, 0.25) is 0 Å². The van der Waals surface area contributed by atoms with Gasteiger partial charge in [0.25, 0.3) is 10.1 Å². The van der Waals surface area contributed by atoms with Gasteiger partial charge in [-0.1, -0.05) is 64.7 Å². The number of aliphatic hydroxyl groups excluding tert-OH is 1. The van der Waals surface area contributed by atoms with Crippen LogP contribution in [0.5, 0.6) is 0 Å². The quantitative estimate of drug-likeness (QED) is 0.376. The molecule has 0 spiro atoms. The molecule has 0 radical (unpaired) electrons. The van der Waals surface area contributed by atoms with Crippen molar-refractivity contribution in [1.82, 2.24) is 0 Å². The number of hydrogen-bond donors (Lipinski definition) is 2. The van der Waals surface area contributed by atoms with E-state index in [1.165, 1.54) is 38.5 Å². The maximum atomic E-state index is 10.5. The van der Waals surface area contributed by atoms with Gasteiger partial charge in [0, 0.05) is 0 Å². The Labute approximate surface area is 124 Å². The van der Waals surface area contributed by atoms with E-state index in [9.17, 15) is 13.5 Å². The Morgan fingerprint density at radius 1 is 0.800 bits per heavy atom. The minimum atomic E-state index is -3.81. The van der Waals surface area contributed by atoms with Crippen molar-refractivity contribution in [2.45, 2.75) is 90.1 Å². The van der Waals surface area contributed by atoms with E-state index in [2.05, 4.69) is 6.92 Å². The topological polar surface area (TPSA) is 74.6 Å². The second-order valence-electron chi connectivity index (χ2n) is 5.70. The van der Waals surface area contributed by atoms with Gasteiger partial charge in [0.05, 0.1) is 11.9 Å². The normalized spacial score (nSPS) is 13.6. The van der Waals surface area contributed by atoms with Crippen molar-refractivity contribution in [3.05, 3.63) is 0 Å². The molecular weight excluding hydrogens is 276 g/mol. The Bertz CT molecular complexity index is 301. The van der Waals surface area contributed by atoms with Crippen LogP contribution < -0.4 is 0 Å². The van der Waals surface area contributed by atoms with Gasteiger partial charge in [-0.2, -0.15) is 8.42 Å². The summed E-state index contributed by atoms with van der Waals surface area (Å²) in [6.45, 7) is 2.21. The van der Waals surface area contributed by atoms with Gasteiger partial charge in [0.1, 0.15) is 0 Å². The summed E-state index contributed by atoms with van der Waals surface area (Å²) in [5.74, 6) is -0.166. The van der Waals surface area contributed by atoms with Gasteiger partial charge in [0.15, 0.2) is 0 Å². The third-order valence-corrected chi connectivity index (χ3v) is 4.39. The van der Waals surface area contributed by atoms with E-state index >= 15 is 0 Å². The predicted octanol–water partition coefficient (Wildman–Crippen LogP) is 3.94. The first-order chi connectivity index (χ1) is 9.45. The molecule has 122 valence electrons. The molecule has 0 fully saturated rings. The average Bonchev–Trinajstić information content (AvgIpc) is 2.36. The first-order valence-electron chi connectivity index (χ1n) is 8.09. The zero-order chi connectivity index (χ0) is 15.3. The van der Waals surface area contributed by atoms with E-state index in [0.29, 0.717) is 6.42 Å². The van der Waals surface area contributed by atoms with Gasteiger partial charge < -0.3 is 5.11 Å². The van der Waals surface area contributed by atoms with E-state index < -0.39 is 10.1 Å². The molecule has 0 aliphatic rings. The second kappa shape index (κ2) is 12.6. The Morgan fingerprint density at radius 3 is 1.75 bits per heavy atom. The minimum absolute atomic E-state index is 0.166. The third-order valence-electron chi connectivity index (χ3n) is 3.58. The van der Waals surface area contributed by atoms with Gasteiger partial charge in [-0.05, 0) is 19.3 Å². The number of rotatable bonds is 14. The Hall–Kier alpha value is -0.130. The number of unbranched alkanes of at least 4 members (excludes halogenated alkanes) is 8. The van der Waals surface area contributed by atoms with Crippen LogP contribution >= 0.6 is 0 Å². The molecule has 1 atom stereocenters. The van der Waals surface area contributed by atoms with Crippen LogP contribution in [0.25, 0.3) is 0 Å². The zero-order valence-electron chi connectivity index (χ0n) is 12.9. The lowest BCUT2D eigenvalue weighted by Crippen LogP contribution is -2.07. The fourth-order valence-electron chi connectivity index (χ4n) is 2.32. The highest BCUT2D eigenvalue weighted by Crippen LogP contribution is 2.13. The van der Waals surface area contributed by atoms with Crippen molar-refractivity contribution >= 4 is 10.1 Å². The first kappa shape index (κ1) is 19.9. The van der Waals surface area contributed by atoms with Crippen LogP contribution in [-0.4, -0.2) is 29.9 Å². The molecule has 0 bridgehead atoms. The molecule has 0 rings (SSSR count). The summed E-state index contributed by atoms with van der Waals surface area (Å²) in [5.41, 5.74) is 0. The largest absolute Gasteiger partial charge is 0.393 e. The van der Waals surface area contributed by atoms with E-state index in [1.807, 2.05) is 0 Å². The van der Waals surface area contributed by atoms with Crippen LogP contribution in [0.4, 0.5) is 0 Å². The monoisotopic (exact) mass is 308 g/mol. The van der Waals surface area contributed by atoms with Gasteiger partial charge in [0.2, 0.25) is 0 Å². The lowest BCUT2D eigenvalue weighted by molar-refractivity contribution is 0.147. The summed E-state index contributed by atoms with van der Waals surface area (Å²) >= 11 is 0. The maximum Gasteiger partial charge on any atom is 0.264 e. The van der Waals surface area contributed by atoms with Crippen LogP contribution in [0, 0.1) is 0 Å². The highest BCUT2D eigenvalue weighted by atomic mass is 32.2. The molecule has 2 N–H and O–H groups in total. The van der Waals surface area contributed by atoms with Crippen molar-refractivity contribution in [1.29, 1.82) is 0 Å². The summed E-state index contributed by atoms with van der Waals surface area (Å²) in [7, 11) is -3.81. The van der Waals surface area contributed by atoms with Gasteiger partial charge in [-0.15, -0.1) is 0 Å². The molecule has 0 saturated heterocycles. The first-order valence-corrected chi connectivity index (χ1v) is 9.70. The summed E-state index contributed by atoms with van der Waals surface area (Å²) < 4.78 is 29.6. The molecule has 0 aliphatic carbocycles. The number of aliphatic hydroxyl groups is 1. The molecule has 0 heterocycles. The molecule has 5 heteroatoms. The standard InChI is InChI=1S/C15H32O4S/c1-2-3-4-5-6-7-9-12-15(16)13-10-8-11-14-20(17,18)19/h15-16H,2-14H2,1H3,(H,17,18,19). The van der Waals surface area contributed by atoms with Crippen LogP contribution in [0.1, 0.15) is 84.0 Å². The molecule has 0 aromatic heterocycles. The van der Waals surface area contributed by atoms with Crippen LogP contribution in [0.15, 0.2) is 0 Å². The lowest BCUT2D eigenvalue weighted by Gasteiger charge is -2.10. The molecular formula is C15H32O4S. The van der Waals surface area contributed by atoms with E-state index in [1.54, 1.807) is 0 Å². The van der Waals surface area contributed by atoms with Crippen LogP contribution in [-0.2, 0) is 10.1 Å². The maximum absolute atomic E-state index is 10.5. The summed E-state index contributed by atoms with van der Waals surface area (Å²) in [5, 5.41) is 9.78. The van der Waals surface area contributed by atoms with E-state index in [4.69, 9.17) is 4.55 Å². The average molecular weight is 308 g/mol. The molecule has 4 nitrogen and oxygen atoms in total.